The van der Waals surface area contributed by atoms with Gasteiger partial charge in [-0.05, 0) is 6.92 Å². The van der Waals surface area contributed by atoms with Crippen LogP contribution in [0.1, 0.15) is 17.3 Å². The zero-order valence-electron chi connectivity index (χ0n) is 18.8. The van der Waals surface area contributed by atoms with E-state index in [0.717, 1.165) is 0 Å². The van der Waals surface area contributed by atoms with E-state index in [-0.39, 0.29) is 37.0 Å². The standard InChI is InChI=1S/C16H17N5O5.C5H8O4/c1-2-26-16(23)20-13-8-11(14(21(24)25)15(17)19-13)18-9-12(22)10-6-4-3-5-7-10;6-5(7)4-3-8-1-2-9-4/h3-8H,2,9H2,1H3,(H4,17,18,19,20,23);4H,1-3H2,(H,6,7). The van der Waals surface area contributed by atoms with Crippen molar-refractivity contribution in [1.29, 1.82) is 0 Å². The highest BCUT2D eigenvalue weighted by atomic mass is 16.6. The van der Waals surface area contributed by atoms with Crippen LogP contribution in [0.25, 0.3) is 0 Å². The minimum Gasteiger partial charge on any atom is -0.479 e. The Morgan fingerprint density at radius 1 is 1.29 bits per heavy atom. The van der Waals surface area contributed by atoms with Gasteiger partial charge in [-0.2, -0.15) is 0 Å². The molecule has 35 heavy (non-hydrogen) atoms. The number of nitro groups is 1. The maximum Gasteiger partial charge on any atom is 0.412 e. The third-order valence-electron chi connectivity index (χ3n) is 4.33. The molecule has 3 rings (SSSR count). The Balaban J connectivity index is 0.000000402. The van der Waals surface area contributed by atoms with Gasteiger partial charge in [-0.3, -0.25) is 20.2 Å². The van der Waals surface area contributed by atoms with Crippen molar-refractivity contribution in [3.8, 4) is 0 Å². The molecule has 1 atom stereocenters. The van der Waals surface area contributed by atoms with Crippen LogP contribution in [0.3, 0.4) is 0 Å². The highest BCUT2D eigenvalue weighted by molar-refractivity contribution is 5.99. The number of carbonyl (C=O) groups is 3. The summed E-state index contributed by atoms with van der Waals surface area (Å²) in [6, 6.07) is 9.67. The summed E-state index contributed by atoms with van der Waals surface area (Å²) in [5.74, 6) is -1.66. The maximum atomic E-state index is 12.2. The predicted molar refractivity (Wildman–Crippen MR) is 123 cm³/mol. The van der Waals surface area contributed by atoms with Crippen molar-refractivity contribution in [2.75, 3.05) is 49.3 Å². The number of aromatic nitrogens is 1. The SMILES string of the molecule is CCOC(=O)Nc1cc(NCC(=O)c2ccccc2)c([N+](=O)[O-])c(N)n1.O=C(O)C1COCCO1. The zero-order valence-corrected chi connectivity index (χ0v) is 18.8. The molecule has 1 aliphatic rings. The predicted octanol–water partition coefficient (Wildman–Crippen LogP) is 1.92. The maximum absolute atomic E-state index is 12.2. The van der Waals surface area contributed by atoms with Gasteiger partial charge in [-0.1, -0.05) is 30.3 Å². The van der Waals surface area contributed by atoms with Crippen LogP contribution >= 0.6 is 0 Å². The molecule has 0 aliphatic carbocycles. The van der Waals surface area contributed by atoms with Crippen LogP contribution in [-0.4, -0.2) is 71.9 Å². The number of amides is 1. The van der Waals surface area contributed by atoms with Crippen molar-refractivity contribution in [3.63, 3.8) is 0 Å². The van der Waals surface area contributed by atoms with Gasteiger partial charge in [0.15, 0.2) is 11.9 Å². The van der Waals surface area contributed by atoms with Gasteiger partial charge in [0.25, 0.3) is 0 Å². The first-order valence-electron chi connectivity index (χ1n) is 10.4. The summed E-state index contributed by atoms with van der Waals surface area (Å²) >= 11 is 0. The van der Waals surface area contributed by atoms with E-state index in [2.05, 4.69) is 15.6 Å². The monoisotopic (exact) mass is 491 g/mol. The number of ether oxygens (including phenoxy) is 3. The lowest BCUT2D eigenvalue weighted by atomic mass is 10.1. The second-order valence-corrected chi connectivity index (χ2v) is 6.81. The van der Waals surface area contributed by atoms with E-state index in [4.69, 9.17) is 25.1 Å². The average Bonchev–Trinajstić information content (AvgIpc) is 2.83. The molecule has 0 saturated carbocycles. The normalized spacial score (nSPS) is 14.6. The second-order valence-electron chi connectivity index (χ2n) is 6.81. The first-order chi connectivity index (χ1) is 16.7. The van der Waals surface area contributed by atoms with Crippen molar-refractivity contribution in [1.82, 2.24) is 4.98 Å². The lowest BCUT2D eigenvalue weighted by molar-refractivity contribution is -0.383. The van der Waals surface area contributed by atoms with Gasteiger partial charge in [0.1, 0.15) is 11.5 Å². The van der Waals surface area contributed by atoms with Crippen LogP contribution in [0.4, 0.5) is 27.8 Å². The number of carboxylic acids is 1. The number of pyridine rings is 1. The smallest absolute Gasteiger partial charge is 0.412 e. The van der Waals surface area contributed by atoms with E-state index in [1.165, 1.54) is 6.07 Å². The lowest BCUT2D eigenvalue weighted by Gasteiger charge is -2.18. The van der Waals surface area contributed by atoms with Gasteiger partial charge in [0.05, 0.1) is 37.9 Å². The van der Waals surface area contributed by atoms with Gasteiger partial charge in [0, 0.05) is 11.6 Å². The molecule has 1 fully saturated rings. The molecule has 1 unspecified atom stereocenters. The van der Waals surface area contributed by atoms with E-state index in [1.807, 2.05) is 0 Å². The Hall–Kier alpha value is -4.30. The molecule has 1 amide bonds. The number of carbonyl (C=O) groups excluding carboxylic acids is 2. The third kappa shape index (κ3) is 8.53. The van der Waals surface area contributed by atoms with Crippen molar-refractivity contribution in [2.45, 2.75) is 13.0 Å². The Kier molecular flexibility index (Phi) is 10.3. The molecule has 5 N–H and O–H groups in total. The summed E-state index contributed by atoms with van der Waals surface area (Å²) < 4.78 is 14.4. The second kappa shape index (κ2) is 13.4. The number of nitrogens with two attached hydrogens (primary N) is 1. The number of benzene rings is 1. The highest BCUT2D eigenvalue weighted by Crippen LogP contribution is 2.32. The fraction of sp³-hybridized carbons (Fsp3) is 0.333. The van der Waals surface area contributed by atoms with E-state index in [9.17, 15) is 24.5 Å². The molecule has 14 heteroatoms. The minimum absolute atomic E-state index is 0.0405. The van der Waals surface area contributed by atoms with Crippen molar-refractivity contribution in [2.24, 2.45) is 0 Å². The molecule has 1 saturated heterocycles. The topological polar surface area (TPSA) is 205 Å². The minimum atomic E-state index is -0.949. The van der Waals surface area contributed by atoms with E-state index >= 15 is 0 Å². The Bertz CT molecular complexity index is 1040. The summed E-state index contributed by atoms with van der Waals surface area (Å²) in [4.78, 5) is 48.1. The van der Waals surface area contributed by atoms with Gasteiger partial charge in [-0.15, -0.1) is 0 Å². The van der Waals surface area contributed by atoms with Gasteiger partial charge in [-0.25, -0.2) is 14.6 Å². The van der Waals surface area contributed by atoms with Gasteiger partial charge >= 0.3 is 17.7 Å². The molecular weight excluding hydrogens is 466 g/mol. The molecular formula is C21H25N5O9. The van der Waals surface area contributed by atoms with E-state index in [0.29, 0.717) is 18.8 Å². The largest absolute Gasteiger partial charge is 0.479 e. The summed E-state index contributed by atoms with van der Waals surface area (Å²) in [5.41, 5.74) is 5.54. The van der Waals surface area contributed by atoms with E-state index in [1.54, 1.807) is 37.3 Å². The first kappa shape index (κ1) is 26.9. The lowest BCUT2D eigenvalue weighted by Crippen LogP contribution is -2.35. The molecule has 2 heterocycles. The number of nitrogens with one attached hydrogen (secondary N) is 2. The van der Waals surface area contributed by atoms with Crippen molar-refractivity contribution in [3.05, 3.63) is 52.1 Å². The highest BCUT2D eigenvalue weighted by Gasteiger charge is 2.23. The molecule has 1 aromatic carbocycles. The van der Waals surface area contributed by atoms with Crippen LogP contribution in [0.15, 0.2) is 36.4 Å². The number of anilines is 3. The third-order valence-corrected chi connectivity index (χ3v) is 4.33. The number of ketones is 1. The van der Waals surface area contributed by atoms with Crippen LogP contribution in [0.2, 0.25) is 0 Å². The van der Waals surface area contributed by atoms with Crippen molar-refractivity contribution >= 4 is 40.9 Å². The first-order valence-corrected chi connectivity index (χ1v) is 10.4. The molecule has 0 radical (unpaired) electrons. The molecule has 0 spiro atoms. The van der Waals surface area contributed by atoms with Crippen LogP contribution in [-0.2, 0) is 19.0 Å². The van der Waals surface area contributed by atoms with Crippen molar-refractivity contribution < 1.29 is 38.6 Å². The number of Topliss-reactive ketones (excluding diaryl/α,β-unsaturated/α-hetero) is 1. The van der Waals surface area contributed by atoms with Crippen LogP contribution in [0, 0.1) is 10.1 Å². The molecule has 2 aromatic rings. The quantitative estimate of drug-likeness (QED) is 0.237. The summed E-state index contributed by atoms with van der Waals surface area (Å²) in [6.45, 7) is 2.63. The Labute approximate surface area is 199 Å². The van der Waals surface area contributed by atoms with Gasteiger partial charge < -0.3 is 30.4 Å². The van der Waals surface area contributed by atoms with Crippen LogP contribution < -0.4 is 16.4 Å². The summed E-state index contributed by atoms with van der Waals surface area (Å²) in [5, 5.41) is 24.6. The number of carboxylic acid groups (broad SMARTS) is 1. The number of aliphatic carboxylic acids is 1. The molecule has 1 aliphatic heterocycles. The molecule has 1 aromatic heterocycles. The Morgan fingerprint density at radius 3 is 2.54 bits per heavy atom. The molecule has 188 valence electrons. The zero-order chi connectivity index (χ0) is 25.8. The number of nitrogen functional groups attached to an aromatic ring is 1. The van der Waals surface area contributed by atoms with Crippen LogP contribution in [0.5, 0.6) is 0 Å². The number of nitrogens with zero attached hydrogens (tertiary/aromatic N) is 2. The van der Waals surface area contributed by atoms with Gasteiger partial charge in [0.2, 0.25) is 5.82 Å². The average molecular weight is 491 g/mol. The summed E-state index contributed by atoms with van der Waals surface area (Å²) in [6.07, 6.45) is -1.53. The molecule has 0 bridgehead atoms. The fourth-order valence-corrected chi connectivity index (χ4v) is 2.75. The Morgan fingerprint density at radius 2 is 2.00 bits per heavy atom. The summed E-state index contributed by atoms with van der Waals surface area (Å²) in [7, 11) is 0. The fourth-order valence-electron chi connectivity index (χ4n) is 2.75. The number of hydrogen-bond acceptors (Lipinski definition) is 11. The number of rotatable bonds is 8. The van der Waals surface area contributed by atoms with E-state index < -0.39 is 34.6 Å². The number of hydrogen-bond donors (Lipinski definition) is 4. The molecule has 14 nitrogen and oxygen atoms in total.